The van der Waals surface area contributed by atoms with Crippen molar-refractivity contribution in [3.8, 4) is 5.75 Å². The first-order valence-corrected chi connectivity index (χ1v) is 7.58. The molecule has 0 spiro atoms. The number of thiophene rings is 1. The lowest BCUT2D eigenvalue weighted by atomic mass is 10.2. The van der Waals surface area contributed by atoms with Gasteiger partial charge in [0.15, 0.2) is 0 Å². The van der Waals surface area contributed by atoms with E-state index in [1.54, 1.807) is 14.2 Å². The van der Waals surface area contributed by atoms with Crippen molar-refractivity contribution < 1.29 is 14.3 Å². The van der Waals surface area contributed by atoms with Crippen LogP contribution in [-0.2, 0) is 4.74 Å². The first-order chi connectivity index (χ1) is 10.1. The van der Waals surface area contributed by atoms with Crippen LogP contribution in [0.15, 0.2) is 18.2 Å². The topological polar surface area (TPSA) is 73.6 Å². The van der Waals surface area contributed by atoms with E-state index in [0.717, 1.165) is 22.3 Å². The van der Waals surface area contributed by atoms with Crippen molar-refractivity contribution in [1.29, 1.82) is 0 Å². The minimum absolute atomic E-state index is 0.0124. The molecule has 1 aromatic heterocycles. The van der Waals surface area contributed by atoms with Crippen molar-refractivity contribution in [3.63, 3.8) is 0 Å². The smallest absolute Gasteiger partial charge is 0.263 e. The minimum atomic E-state index is -0.156. The van der Waals surface area contributed by atoms with Crippen molar-refractivity contribution in [2.24, 2.45) is 0 Å². The quantitative estimate of drug-likeness (QED) is 0.860. The first kappa shape index (κ1) is 15.6. The SMILES string of the molecule is CCC(COC)NC(=O)c1sc2cc(OC)ccc2c1N. The molecule has 0 fully saturated rings. The van der Waals surface area contributed by atoms with Gasteiger partial charge in [-0.15, -0.1) is 11.3 Å². The highest BCUT2D eigenvalue weighted by Crippen LogP contribution is 2.35. The average Bonchev–Trinajstić information content (AvgIpc) is 2.83. The number of nitrogens with one attached hydrogen (secondary N) is 1. The molecule has 0 radical (unpaired) electrons. The number of amides is 1. The zero-order chi connectivity index (χ0) is 15.4. The molecule has 0 aliphatic rings. The van der Waals surface area contributed by atoms with Crippen LogP contribution in [-0.4, -0.2) is 32.8 Å². The lowest BCUT2D eigenvalue weighted by molar-refractivity contribution is 0.0899. The molecule has 21 heavy (non-hydrogen) atoms. The number of nitrogens with two attached hydrogens (primary N) is 1. The standard InChI is InChI=1S/C15H20N2O3S/c1-4-9(8-19-2)17-15(18)14-13(16)11-6-5-10(20-3)7-12(11)21-14/h5-7,9H,4,8,16H2,1-3H3,(H,17,18). The molecule has 0 aliphatic heterocycles. The zero-order valence-electron chi connectivity index (χ0n) is 12.4. The number of fused-ring (bicyclic) bond motifs is 1. The summed E-state index contributed by atoms with van der Waals surface area (Å²) in [5.41, 5.74) is 6.62. The van der Waals surface area contributed by atoms with Gasteiger partial charge in [0, 0.05) is 17.2 Å². The number of methoxy groups -OCH3 is 2. The molecule has 1 heterocycles. The van der Waals surface area contributed by atoms with Gasteiger partial charge in [-0.2, -0.15) is 0 Å². The number of anilines is 1. The van der Waals surface area contributed by atoms with Crippen LogP contribution in [0, 0.1) is 0 Å². The minimum Gasteiger partial charge on any atom is -0.497 e. The molecule has 2 aromatic rings. The third-order valence-electron chi connectivity index (χ3n) is 3.34. The molecular formula is C15H20N2O3S. The number of rotatable bonds is 6. The maximum absolute atomic E-state index is 12.4. The molecule has 5 nitrogen and oxygen atoms in total. The van der Waals surface area contributed by atoms with Crippen molar-refractivity contribution in [2.45, 2.75) is 19.4 Å². The molecule has 1 amide bonds. The molecule has 0 saturated carbocycles. The Hall–Kier alpha value is -1.79. The summed E-state index contributed by atoms with van der Waals surface area (Å²) in [6, 6.07) is 5.59. The third kappa shape index (κ3) is 3.28. The van der Waals surface area contributed by atoms with Crippen molar-refractivity contribution in [2.75, 3.05) is 26.6 Å². The van der Waals surface area contributed by atoms with E-state index >= 15 is 0 Å². The molecular weight excluding hydrogens is 288 g/mol. The van der Waals surface area contributed by atoms with Gasteiger partial charge in [-0.25, -0.2) is 0 Å². The Bertz CT molecular complexity index is 639. The van der Waals surface area contributed by atoms with E-state index in [4.69, 9.17) is 15.2 Å². The van der Waals surface area contributed by atoms with Gasteiger partial charge in [0.1, 0.15) is 10.6 Å². The lowest BCUT2D eigenvalue weighted by Gasteiger charge is -2.15. The summed E-state index contributed by atoms with van der Waals surface area (Å²) < 4.78 is 11.2. The Balaban J connectivity index is 2.28. The second kappa shape index (κ2) is 6.78. The van der Waals surface area contributed by atoms with Gasteiger partial charge in [0.2, 0.25) is 0 Å². The molecule has 0 saturated heterocycles. The van der Waals surface area contributed by atoms with Crippen molar-refractivity contribution in [3.05, 3.63) is 23.1 Å². The number of hydrogen-bond donors (Lipinski definition) is 2. The Morgan fingerprint density at radius 1 is 1.43 bits per heavy atom. The molecule has 0 bridgehead atoms. The van der Waals surface area contributed by atoms with Crippen LogP contribution in [0.1, 0.15) is 23.0 Å². The summed E-state index contributed by atoms with van der Waals surface area (Å²) >= 11 is 1.37. The Labute approximate surface area is 128 Å². The maximum atomic E-state index is 12.4. The molecule has 0 aliphatic carbocycles. The van der Waals surface area contributed by atoms with E-state index < -0.39 is 0 Å². The van der Waals surface area contributed by atoms with E-state index in [1.807, 2.05) is 25.1 Å². The fourth-order valence-electron chi connectivity index (χ4n) is 2.11. The van der Waals surface area contributed by atoms with Crippen molar-refractivity contribution in [1.82, 2.24) is 5.32 Å². The fraction of sp³-hybridized carbons (Fsp3) is 0.400. The predicted octanol–water partition coefficient (Wildman–Crippen LogP) is 2.65. The van der Waals surface area contributed by atoms with E-state index in [0.29, 0.717) is 17.2 Å². The number of hydrogen-bond acceptors (Lipinski definition) is 5. The van der Waals surface area contributed by atoms with Crippen LogP contribution in [0.4, 0.5) is 5.69 Å². The Morgan fingerprint density at radius 3 is 2.81 bits per heavy atom. The Morgan fingerprint density at radius 2 is 2.19 bits per heavy atom. The average molecular weight is 308 g/mol. The van der Waals surface area contributed by atoms with Gasteiger partial charge in [-0.1, -0.05) is 6.92 Å². The highest BCUT2D eigenvalue weighted by Gasteiger charge is 2.19. The summed E-state index contributed by atoms with van der Waals surface area (Å²) in [4.78, 5) is 12.9. The molecule has 1 atom stereocenters. The summed E-state index contributed by atoms with van der Waals surface area (Å²) in [6.45, 7) is 2.49. The summed E-state index contributed by atoms with van der Waals surface area (Å²) in [7, 11) is 3.23. The van der Waals surface area contributed by atoms with Gasteiger partial charge < -0.3 is 20.5 Å². The third-order valence-corrected chi connectivity index (χ3v) is 4.50. The van der Waals surface area contributed by atoms with Crippen LogP contribution >= 0.6 is 11.3 Å². The molecule has 2 rings (SSSR count). The van der Waals surface area contributed by atoms with Gasteiger partial charge in [0.25, 0.3) is 5.91 Å². The Kier molecular flexibility index (Phi) is 5.03. The van der Waals surface area contributed by atoms with E-state index in [-0.39, 0.29) is 11.9 Å². The van der Waals surface area contributed by atoms with Gasteiger partial charge in [0.05, 0.1) is 25.4 Å². The van der Waals surface area contributed by atoms with Gasteiger partial charge >= 0.3 is 0 Å². The maximum Gasteiger partial charge on any atom is 0.263 e. The van der Waals surface area contributed by atoms with Gasteiger partial charge in [-0.3, -0.25) is 4.79 Å². The number of nitrogen functional groups attached to an aromatic ring is 1. The van der Waals surface area contributed by atoms with Crippen LogP contribution in [0.3, 0.4) is 0 Å². The summed E-state index contributed by atoms with van der Waals surface area (Å²) in [5.74, 6) is 0.595. The number of benzene rings is 1. The van der Waals surface area contributed by atoms with E-state index in [1.165, 1.54) is 11.3 Å². The summed E-state index contributed by atoms with van der Waals surface area (Å²) in [5, 5.41) is 3.83. The number of carbonyl (C=O) groups excluding carboxylic acids is 1. The van der Waals surface area contributed by atoms with Crippen LogP contribution in [0.25, 0.3) is 10.1 Å². The second-order valence-electron chi connectivity index (χ2n) is 4.74. The second-order valence-corrected chi connectivity index (χ2v) is 5.79. The number of ether oxygens (including phenoxy) is 2. The van der Waals surface area contributed by atoms with E-state index in [2.05, 4.69) is 5.32 Å². The van der Waals surface area contributed by atoms with Crippen LogP contribution in [0.2, 0.25) is 0 Å². The van der Waals surface area contributed by atoms with Gasteiger partial charge in [-0.05, 0) is 24.6 Å². The predicted molar refractivity (Wildman–Crippen MR) is 86.2 cm³/mol. The molecule has 6 heteroatoms. The lowest BCUT2D eigenvalue weighted by Crippen LogP contribution is -2.37. The number of carbonyl (C=O) groups is 1. The van der Waals surface area contributed by atoms with E-state index in [9.17, 15) is 4.79 Å². The highest BCUT2D eigenvalue weighted by molar-refractivity contribution is 7.21. The zero-order valence-corrected chi connectivity index (χ0v) is 13.3. The molecule has 1 unspecified atom stereocenters. The summed E-state index contributed by atoms with van der Waals surface area (Å²) in [6.07, 6.45) is 0.804. The first-order valence-electron chi connectivity index (χ1n) is 6.76. The van der Waals surface area contributed by atoms with Crippen LogP contribution in [0.5, 0.6) is 5.75 Å². The molecule has 3 N–H and O–H groups in total. The largest absolute Gasteiger partial charge is 0.497 e. The fourth-order valence-corrected chi connectivity index (χ4v) is 3.16. The molecule has 114 valence electrons. The van der Waals surface area contributed by atoms with Crippen molar-refractivity contribution >= 4 is 33.0 Å². The monoisotopic (exact) mass is 308 g/mol. The van der Waals surface area contributed by atoms with Crippen LogP contribution < -0.4 is 15.8 Å². The highest BCUT2D eigenvalue weighted by atomic mass is 32.1. The normalized spacial score (nSPS) is 12.3. The molecule has 1 aromatic carbocycles.